The molecule has 1 aromatic heterocycles. The van der Waals surface area contributed by atoms with Gasteiger partial charge >= 0.3 is 5.76 Å². The van der Waals surface area contributed by atoms with E-state index in [0.29, 0.717) is 11.1 Å². The number of amides is 2. The molecule has 25 heavy (non-hydrogen) atoms. The second kappa shape index (κ2) is 6.60. The molecule has 3 rings (SSSR count). The SMILES string of the molecule is CC(C(=O)NNC(=O)c1ccccc1F)n1c(=O)oc2ccccc21. The first kappa shape index (κ1) is 16.4. The number of carbonyl (C=O) groups is 2. The molecule has 8 heteroatoms. The highest BCUT2D eigenvalue weighted by molar-refractivity contribution is 5.96. The maximum Gasteiger partial charge on any atom is 0.420 e. The first-order chi connectivity index (χ1) is 12.0. The van der Waals surface area contributed by atoms with E-state index in [1.165, 1.54) is 29.7 Å². The van der Waals surface area contributed by atoms with Crippen molar-refractivity contribution in [3.63, 3.8) is 0 Å². The zero-order valence-electron chi connectivity index (χ0n) is 13.2. The summed E-state index contributed by atoms with van der Waals surface area (Å²) in [6, 6.07) is 11.1. The van der Waals surface area contributed by atoms with Gasteiger partial charge in [0.15, 0.2) is 5.58 Å². The fraction of sp³-hybridized carbons (Fsp3) is 0.118. The van der Waals surface area contributed by atoms with Crippen molar-refractivity contribution < 1.29 is 18.4 Å². The molecule has 1 unspecified atom stereocenters. The van der Waals surface area contributed by atoms with Gasteiger partial charge in [-0.3, -0.25) is 25.0 Å². The number of para-hydroxylation sites is 2. The lowest BCUT2D eigenvalue weighted by atomic mass is 10.2. The number of nitrogens with zero attached hydrogens (tertiary/aromatic N) is 1. The third-order valence-electron chi connectivity index (χ3n) is 3.70. The third kappa shape index (κ3) is 3.14. The van der Waals surface area contributed by atoms with Crippen LogP contribution in [0.1, 0.15) is 23.3 Å². The van der Waals surface area contributed by atoms with Gasteiger partial charge in [-0.1, -0.05) is 24.3 Å². The molecular formula is C17H14FN3O4. The summed E-state index contributed by atoms with van der Waals surface area (Å²) in [6.07, 6.45) is 0. The highest BCUT2D eigenvalue weighted by Crippen LogP contribution is 2.16. The number of fused-ring (bicyclic) bond motifs is 1. The predicted molar refractivity (Wildman–Crippen MR) is 87.2 cm³/mol. The van der Waals surface area contributed by atoms with Gasteiger partial charge in [0.25, 0.3) is 11.8 Å². The topological polar surface area (TPSA) is 93.3 Å². The fourth-order valence-corrected chi connectivity index (χ4v) is 2.40. The molecule has 1 heterocycles. The number of hydrogen-bond acceptors (Lipinski definition) is 4. The normalized spacial score (nSPS) is 11.9. The van der Waals surface area contributed by atoms with Gasteiger partial charge in [-0.05, 0) is 31.2 Å². The zero-order valence-corrected chi connectivity index (χ0v) is 13.2. The van der Waals surface area contributed by atoms with E-state index in [-0.39, 0.29) is 5.56 Å². The van der Waals surface area contributed by atoms with E-state index in [2.05, 4.69) is 10.9 Å². The van der Waals surface area contributed by atoms with E-state index in [1.54, 1.807) is 24.3 Å². The van der Waals surface area contributed by atoms with Crippen LogP contribution < -0.4 is 16.6 Å². The number of benzene rings is 2. The Labute approximate surface area is 141 Å². The van der Waals surface area contributed by atoms with Gasteiger partial charge in [0.1, 0.15) is 11.9 Å². The number of hydrazine groups is 1. The summed E-state index contributed by atoms with van der Waals surface area (Å²) >= 11 is 0. The number of rotatable bonds is 3. The minimum absolute atomic E-state index is 0.207. The lowest BCUT2D eigenvalue weighted by molar-refractivity contribution is -0.124. The molecule has 0 saturated heterocycles. The summed E-state index contributed by atoms with van der Waals surface area (Å²) in [7, 11) is 0. The molecule has 3 aromatic rings. The fourth-order valence-electron chi connectivity index (χ4n) is 2.40. The summed E-state index contributed by atoms with van der Waals surface area (Å²) in [4.78, 5) is 36.1. The number of aromatic nitrogens is 1. The number of oxazole rings is 1. The molecule has 0 radical (unpaired) electrons. The van der Waals surface area contributed by atoms with Crippen LogP contribution in [-0.4, -0.2) is 16.4 Å². The Balaban J connectivity index is 1.75. The molecule has 0 fully saturated rings. The summed E-state index contributed by atoms with van der Waals surface area (Å²) < 4.78 is 19.8. The van der Waals surface area contributed by atoms with Crippen LogP contribution in [0.5, 0.6) is 0 Å². The van der Waals surface area contributed by atoms with E-state index in [4.69, 9.17) is 4.42 Å². The second-order valence-corrected chi connectivity index (χ2v) is 5.30. The Morgan fingerprint density at radius 3 is 2.52 bits per heavy atom. The first-order valence-electron chi connectivity index (χ1n) is 7.44. The highest BCUT2D eigenvalue weighted by atomic mass is 19.1. The molecule has 2 aromatic carbocycles. The molecule has 0 aliphatic heterocycles. The Morgan fingerprint density at radius 2 is 1.76 bits per heavy atom. The van der Waals surface area contributed by atoms with Crippen molar-refractivity contribution in [3.8, 4) is 0 Å². The third-order valence-corrected chi connectivity index (χ3v) is 3.70. The van der Waals surface area contributed by atoms with Crippen molar-refractivity contribution in [2.45, 2.75) is 13.0 Å². The van der Waals surface area contributed by atoms with Gasteiger partial charge in [-0.15, -0.1) is 0 Å². The monoisotopic (exact) mass is 343 g/mol. The molecular weight excluding hydrogens is 329 g/mol. The number of hydrogen-bond donors (Lipinski definition) is 2. The van der Waals surface area contributed by atoms with E-state index >= 15 is 0 Å². The van der Waals surface area contributed by atoms with Crippen molar-refractivity contribution >= 4 is 22.9 Å². The van der Waals surface area contributed by atoms with E-state index in [1.807, 2.05) is 0 Å². The van der Waals surface area contributed by atoms with Crippen LogP contribution in [0.25, 0.3) is 11.1 Å². The Morgan fingerprint density at radius 1 is 1.08 bits per heavy atom. The number of carbonyl (C=O) groups excluding carboxylic acids is 2. The van der Waals surface area contributed by atoms with E-state index < -0.39 is 29.4 Å². The van der Waals surface area contributed by atoms with Gasteiger partial charge in [0, 0.05) is 0 Å². The van der Waals surface area contributed by atoms with Crippen LogP contribution in [0, 0.1) is 5.82 Å². The Bertz CT molecular complexity index is 1010. The van der Waals surface area contributed by atoms with Crippen LogP contribution in [-0.2, 0) is 4.79 Å². The van der Waals surface area contributed by atoms with Crippen molar-refractivity contribution in [2.24, 2.45) is 0 Å². The molecule has 0 saturated carbocycles. The van der Waals surface area contributed by atoms with Crippen molar-refractivity contribution in [1.82, 2.24) is 15.4 Å². The molecule has 2 N–H and O–H groups in total. The molecule has 2 amide bonds. The minimum Gasteiger partial charge on any atom is -0.408 e. The van der Waals surface area contributed by atoms with E-state index in [9.17, 15) is 18.8 Å². The smallest absolute Gasteiger partial charge is 0.408 e. The maximum absolute atomic E-state index is 13.5. The van der Waals surface area contributed by atoms with Crippen molar-refractivity contribution in [1.29, 1.82) is 0 Å². The minimum atomic E-state index is -0.947. The molecule has 7 nitrogen and oxygen atoms in total. The molecule has 0 spiro atoms. The Kier molecular flexibility index (Phi) is 4.34. The predicted octanol–water partition coefficient (Wildman–Crippen LogP) is 1.76. The quantitative estimate of drug-likeness (QED) is 0.709. The van der Waals surface area contributed by atoms with Crippen LogP contribution in [0.3, 0.4) is 0 Å². The highest BCUT2D eigenvalue weighted by Gasteiger charge is 2.22. The number of halogens is 1. The first-order valence-corrected chi connectivity index (χ1v) is 7.44. The lowest BCUT2D eigenvalue weighted by Gasteiger charge is -2.14. The van der Waals surface area contributed by atoms with Crippen LogP contribution in [0.15, 0.2) is 57.7 Å². The molecule has 0 aliphatic carbocycles. The van der Waals surface area contributed by atoms with Gasteiger partial charge in [-0.25, -0.2) is 9.18 Å². The van der Waals surface area contributed by atoms with Gasteiger partial charge in [-0.2, -0.15) is 0 Å². The average Bonchev–Trinajstić information content (AvgIpc) is 2.94. The molecule has 128 valence electrons. The van der Waals surface area contributed by atoms with Crippen LogP contribution in [0.4, 0.5) is 4.39 Å². The summed E-state index contributed by atoms with van der Waals surface area (Å²) in [5.41, 5.74) is 4.90. The van der Waals surface area contributed by atoms with Crippen LogP contribution in [0.2, 0.25) is 0 Å². The second-order valence-electron chi connectivity index (χ2n) is 5.30. The van der Waals surface area contributed by atoms with Crippen molar-refractivity contribution in [3.05, 3.63) is 70.5 Å². The average molecular weight is 343 g/mol. The number of nitrogens with one attached hydrogen (secondary N) is 2. The molecule has 0 bridgehead atoms. The van der Waals surface area contributed by atoms with Crippen LogP contribution >= 0.6 is 0 Å². The van der Waals surface area contributed by atoms with Gasteiger partial charge in [0.05, 0.1) is 11.1 Å². The largest absolute Gasteiger partial charge is 0.420 e. The summed E-state index contributed by atoms with van der Waals surface area (Å²) in [6.45, 7) is 1.48. The molecule has 1 atom stereocenters. The summed E-state index contributed by atoms with van der Waals surface area (Å²) in [5, 5.41) is 0. The lowest BCUT2D eigenvalue weighted by Crippen LogP contribution is -2.45. The van der Waals surface area contributed by atoms with Gasteiger partial charge < -0.3 is 4.42 Å². The standard InChI is InChI=1S/C17H14FN3O4/c1-10(21-13-8-4-5-9-14(13)25-17(21)24)15(22)19-20-16(23)11-6-2-3-7-12(11)18/h2-10H,1H3,(H,19,22)(H,20,23). The maximum atomic E-state index is 13.5. The van der Waals surface area contributed by atoms with Gasteiger partial charge in [0.2, 0.25) is 0 Å². The Hall–Kier alpha value is -3.42. The summed E-state index contributed by atoms with van der Waals surface area (Å²) in [5.74, 6) is -2.86. The van der Waals surface area contributed by atoms with Crippen molar-refractivity contribution in [2.75, 3.05) is 0 Å². The van der Waals surface area contributed by atoms with E-state index in [0.717, 1.165) is 6.07 Å². The zero-order chi connectivity index (χ0) is 18.0. The molecule has 0 aliphatic rings.